The zero-order chi connectivity index (χ0) is 9.35. The Balaban J connectivity index is 2.91. The standard InChI is InChI=1S/C11H18O/c1-8(2)11(12)6-5-9(3)7-10(11)4/h5-8,10,12H,1-4H3. The maximum absolute atomic E-state index is 10.2. The normalized spacial score (nSPS) is 35.5. The average Bonchev–Trinajstić information content (AvgIpc) is 1.97. The van der Waals surface area contributed by atoms with Crippen LogP contribution in [-0.4, -0.2) is 10.7 Å². The molecule has 0 heterocycles. The van der Waals surface area contributed by atoms with Crippen LogP contribution < -0.4 is 0 Å². The molecular formula is C11H18O. The van der Waals surface area contributed by atoms with Crippen molar-refractivity contribution < 1.29 is 5.11 Å². The largest absolute Gasteiger partial charge is 0.385 e. The summed E-state index contributed by atoms with van der Waals surface area (Å²) in [5.74, 6) is 0.496. The zero-order valence-electron chi connectivity index (χ0n) is 8.33. The molecule has 0 spiro atoms. The van der Waals surface area contributed by atoms with Crippen LogP contribution in [0.5, 0.6) is 0 Å². The lowest BCUT2D eigenvalue weighted by Crippen LogP contribution is -2.40. The summed E-state index contributed by atoms with van der Waals surface area (Å²) in [5, 5.41) is 10.2. The van der Waals surface area contributed by atoms with Gasteiger partial charge in [-0.05, 0) is 12.8 Å². The molecule has 0 saturated carbocycles. The molecule has 0 amide bonds. The average molecular weight is 166 g/mol. The molecule has 2 atom stereocenters. The van der Waals surface area contributed by atoms with E-state index in [0.29, 0.717) is 0 Å². The molecule has 0 fully saturated rings. The summed E-state index contributed by atoms with van der Waals surface area (Å²) in [6.07, 6.45) is 6.05. The van der Waals surface area contributed by atoms with Crippen molar-refractivity contribution in [2.45, 2.75) is 33.3 Å². The maximum Gasteiger partial charge on any atom is 0.0913 e. The molecule has 0 saturated heterocycles. The lowest BCUT2D eigenvalue weighted by Gasteiger charge is -2.36. The van der Waals surface area contributed by atoms with Gasteiger partial charge in [-0.25, -0.2) is 0 Å². The van der Waals surface area contributed by atoms with E-state index in [4.69, 9.17) is 0 Å². The topological polar surface area (TPSA) is 20.2 Å². The Morgan fingerprint density at radius 2 is 2.08 bits per heavy atom. The van der Waals surface area contributed by atoms with Crippen molar-refractivity contribution in [1.29, 1.82) is 0 Å². The summed E-state index contributed by atoms with van der Waals surface area (Å²) >= 11 is 0. The van der Waals surface area contributed by atoms with Gasteiger partial charge in [0, 0.05) is 5.92 Å². The first kappa shape index (κ1) is 9.53. The number of hydrogen-bond donors (Lipinski definition) is 1. The molecule has 1 N–H and O–H groups in total. The fourth-order valence-electron chi connectivity index (χ4n) is 1.72. The molecule has 0 radical (unpaired) electrons. The van der Waals surface area contributed by atoms with Gasteiger partial charge >= 0.3 is 0 Å². The van der Waals surface area contributed by atoms with Gasteiger partial charge in [0.15, 0.2) is 0 Å². The molecule has 0 aromatic heterocycles. The van der Waals surface area contributed by atoms with E-state index in [1.807, 2.05) is 12.2 Å². The highest BCUT2D eigenvalue weighted by Crippen LogP contribution is 2.32. The first-order chi connectivity index (χ1) is 5.47. The van der Waals surface area contributed by atoms with Gasteiger partial charge in [-0.2, -0.15) is 0 Å². The third kappa shape index (κ3) is 1.46. The second-order valence-corrected chi connectivity index (χ2v) is 4.07. The van der Waals surface area contributed by atoms with Crippen LogP contribution in [0.25, 0.3) is 0 Å². The lowest BCUT2D eigenvalue weighted by molar-refractivity contribution is 0.00820. The van der Waals surface area contributed by atoms with Gasteiger partial charge in [0.05, 0.1) is 5.60 Å². The van der Waals surface area contributed by atoms with Crippen molar-refractivity contribution in [3.8, 4) is 0 Å². The molecular weight excluding hydrogens is 148 g/mol. The zero-order valence-corrected chi connectivity index (χ0v) is 8.33. The molecule has 1 nitrogen and oxygen atoms in total. The van der Waals surface area contributed by atoms with Gasteiger partial charge in [0.25, 0.3) is 0 Å². The summed E-state index contributed by atoms with van der Waals surface area (Å²) in [7, 11) is 0. The number of aliphatic hydroxyl groups is 1. The third-order valence-corrected chi connectivity index (χ3v) is 2.78. The van der Waals surface area contributed by atoms with Crippen LogP contribution in [0.3, 0.4) is 0 Å². The van der Waals surface area contributed by atoms with Gasteiger partial charge in [0.2, 0.25) is 0 Å². The van der Waals surface area contributed by atoms with Crippen LogP contribution in [0, 0.1) is 11.8 Å². The van der Waals surface area contributed by atoms with Gasteiger partial charge in [-0.15, -0.1) is 0 Å². The predicted octanol–water partition coefficient (Wildman–Crippen LogP) is 2.53. The Morgan fingerprint density at radius 3 is 2.50 bits per heavy atom. The Bertz CT molecular complexity index is 225. The summed E-state index contributed by atoms with van der Waals surface area (Å²) < 4.78 is 0. The van der Waals surface area contributed by atoms with Crippen LogP contribution in [0.4, 0.5) is 0 Å². The van der Waals surface area contributed by atoms with Crippen LogP contribution in [0.15, 0.2) is 23.8 Å². The lowest BCUT2D eigenvalue weighted by atomic mass is 9.76. The second kappa shape index (κ2) is 3.06. The Kier molecular flexibility index (Phi) is 2.43. The van der Waals surface area contributed by atoms with E-state index in [1.54, 1.807) is 0 Å². The Morgan fingerprint density at radius 1 is 1.50 bits per heavy atom. The number of allylic oxidation sites excluding steroid dienone is 2. The van der Waals surface area contributed by atoms with E-state index in [2.05, 4.69) is 33.8 Å². The summed E-state index contributed by atoms with van der Waals surface area (Å²) in [4.78, 5) is 0. The Labute approximate surface area is 74.8 Å². The van der Waals surface area contributed by atoms with Crippen molar-refractivity contribution in [1.82, 2.24) is 0 Å². The van der Waals surface area contributed by atoms with E-state index in [-0.39, 0.29) is 11.8 Å². The van der Waals surface area contributed by atoms with Crippen molar-refractivity contribution in [2.24, 2.45) is 11.8 Å². The van der Waals surface area contributed by atoms with Crippen molar-refractivity contribution in [3.05, 3.63) is 23.8 Å². The minimum Gasteiger partial charge on any atom is -0.385 e. The van der Waals surface area contributed by atoms with E-state index >= 15 is 0 Å². The number of rotatable bonds is 1. The molecule has 0 aliphatic heterocycles. The van der Waals surface area contributed by atoms with Crippen molar-refractivity contribution in [2.75, 3.05) is 0 Å². The highest BCUT2D eigenvalue weighted by Gasteiger charge is 2.34. The van der Waals surface area contributed by atoms with Crippen molar-refractivity contribution in [3.63, 3.8) is 0 Å². The predicted molar refractivity (Wildman–Crippen MR) is 51.8 cm³/mol. The summed E-state index contributed by atoms with van der Waals surface area (Å²) in [6, 6.07) is 0. The molecule has 0 aromatic rings. The van der Waals surface area contributed by atoms with Crippen molar-refractivity contribution >= 4 is 0 Å². The van der Waals surface area contributed by atoms with Crippen LogP contribution >= 0.6 is 0 Å². The highest BCUT2D eigenvalue weighted by atomic mass is 16.3. The van der Waals surface area contributed by atoms with E-state index in [9.17, 15) is 5.11 Å². The minimum absolute atomic E-state index is 0.225. The van der Waals surface area contributed by atoms with E-state index in [1.165, 1.54) is 5.57 Å². The van der Waals surface area contributed by atoms with Gasteiger partial charge in [-0.1, -0.05) is 44.6 Å². The first-order valence-electron chi connectivity index (χ1n) is 4.57. The molecule has 12 heavy (non-hydrogen) atoms. The molecule has 1 aliphatic rings. The molecule has 2 unspecified atom stereocenters. The smallest absolute Gasteiger partial charge is 0.0913 e. The molecule has 1 heteroatoms. The molecule has 68 valence electrons. The quantitative estimate of drug-likeness (QED) is 0.634. The summed E-state index contributed by atoms with van der Waals surface area (Å²) in [5.41, 5.74) is 0.604. The maximum atomic E-state index is 10.2. The fraction of sp³-hybridized carbons (Fsp3) is 0.636. The van der Waals surface area contributed by atoms with Gasteiger partial charge < -0.3 is 5.11 Å². The monoisotopic (exact) mass is 166 g/mol. The second-order valence-electron chi connectivity index (χ2n) is 4.07. The van der Waals surface area contributed by atoms with Crippen LogP contribution in [0.2, 0.25) is 0 Å². The fourth-order valence-corrected chi connectivity index (χ4v) is 1.72. The minimum atomic E-state index is -0.639. The number of hydrogen-bond acceptors (Lipinski definition) is 1. The summed E-state index contributed by atoms with van der Waals surface area (Å²) in [6.45, 7) is 8.23. The van der Waals surface area contributed by atoms with Crippen LogP contribution in [0.1, 0.15) is 27.7 Å². The Hall–Kier alpha value is -0.560. The van der Waals surface area contributed by atoms with E-state index in [0.717, 1.165) is 0 Å². The van der Waals surface area contributed by atoms with Gasteiger partial charge in [-0.3, -0.25) is 0 Å². The van der Waals surface area contributed by atoms with E-state index < -0.39 is 5.60 Å². The third-order valence-electron chi connectivity index (χ3n) is 2.78. The molecule has 1 rings (SSSR count). The highest BCUT2D eigenvalue weighted by molar-refractivity contribution is 5.28. The molecule has 1 aliphatic carbocycles. The first-order valence-corrected chi connectivity index (χ1v) is 4.57. The molecule has 0 bridgehead atoms. The van der Waals surface area contributed by atoms with Crippen LogP contribution in [-0.2, 0) is 0 Å². The molecule has 0 aromatic carbocycles. The SMILES string of the molecule is CC1=CC(C)C(O)(C(C)C)C=C1. The van der Waals surface area contributed by atoms with Gasteiger partial charge in [0.1, 0.15) is 0 Å².